The number of hydrogen-bond donors (Lipinski definition) is 1. The molecule has 1 aliphatic heterocycles. The maximum Gasteiger partial charge on any atom is 0.430 e. The highest BCUT2D eigenvalue weighted by Crippen LogP contribution is 2.50. The third-order valence-electron chi connectivity index (χ3n) is 6.85. The van der Waals surface area contributed by atoms with Crippen LogP contribution in [0.25, 0.3) is 11.1 Å². The average Bonchev–Trinajstić information content (AvgIpc) is 2.89. The summed E-state index contributed by atoms with van der Waals surface area (Å²) in [6.45, 7) is 5.27. The molecule has 0 aliphatic carbocycles. The largest absolute Gasteiger partial charge is 0.497 e. The number of rotatable bonds is 7. The van der Waals surface area contributed by atoms with Crippen LogP contribution in [0.15, 0.2) is 72.8 Å². The highest BCUT2D eigenvalue weighted by molar-refractivity contribution is 5.64. The SMILES string of the molecule is COc1ccc(CN2CCN(Cc3ccc(-c4ccc(C(O)(C(F)(F)F)C(F)(F)F)cc4)cc3)CC2)cc1. The Morgan fingerprint density at radius 2 is 1.00 bits per heavy atom. The van der Waals surface area contributed by atoms with E-state index in [1.807, 2.05) is 24.3 Å². The Morgan fingerprint density at radius 1 is 0.632 bits per heavy atom. The van der Waals surface area contributed by atoms with Gasteiger partial charge in [-0.3, -0.25) is 9.80 Å². The molecule has 10 heteroatoms. The molecule has 1 N–H and O–H groups in total. The van der Waals surface area contributed by atoms with Gasteiger partial charge in [-0.2, -0.15) is 26.3 Å². The minimum atomic E-state index is -5.91. The Bertz CT molecular complexity index is 1170. The van der Waals surface area contributed by atoms with Gasteiger partial charge in [0, 0.05) is 44.8 Å². The van der Waals surface area contributed by atoms with Gasteiger partial charge in [0.15, 0.2) is 0 Å². The fourth-order valence-electron chi connectivity index (χ4n) is 4.55. The van der Waals surface area contributed by atoms with Gasteiger partial charge in [-0.25, -0.2) is 0 Å². The predicted octanol–water partition coefficient (Wildman–Crippen LogP) is 5.99. The van der Waals surface area contributed by atoms with E-state index in [1.54, 1.807) is 19.2 Å². The van der Waals surface area contributed by atoms with Crippen LogP contribution in [0.2, 0.25) is 0 Å². The van der Waals surface area contributed by atoms with Crippen LogP contribution in [0.3, 0.4) is 0 Å². The standard InChI is InChI=1S/C28H28F6N2O2/c1-38-25-12-4-21(5-13-25)19-36-16-14-35(15-17-36)18-20-2-6-22(7-3-20)23-8-10-24(11-9-23)26(37,27(29,30)31)28(32,33)34/h2-13,37H,14-19H2,1H3. The number of benzene rings is 3. The molecule has 0 radical (unpaired) electrons. The van der Waals surface area contributed by atoms with E-state index in [9.17, 15) is 31.4 Å². The third kappa shape index (κ3) is 5.98. The number of alkyl halides is 6. The van der Waals surface area contributed by atoms with Crippen LogP contribution in [0.5, 0.6) is 5.75 Å². The fraction of sp³-hybridized carbons (Fsp3) is 0.357. The molecule has 204 valence electrons. The van der Waals surface area contributed by atoms with Crippen molar-refractivity contribution in [3.8, 4) is 16.9 Å². The third-order valence-corrected chi connectivity index (χ3v) is 6.85. The lowest BCUT2D eigenvalue weighted by Crippen LogP contribution is -2.53. The van der Waals surface area contributed by atoms with Crippen molar-refractivity contribution in [3.05, 3.63) is 89.5 Å². The molecule has 1 fully saturated rings. The molecule has 0 atom stereocenters. The Balaban J connectivity index is 1.34. The molecule has 3 aromatic rings. The molecule has 1 saturated heterocycles. The molecule has 4 rings (SSSR count). The van der Waals surface area contributed by atoms with Gasteiger partial charge >= 0.3 is 12.4 Å². The molecule has 1 aliphatic rings. The number of methoxy groups -OCH3 is 1. The van der Waals surface area contributed by atoms with E-state index in [4.69, 9.17) is 4.74 Å². The van der Waals surface area contributed by atoms with E-state index in [1.165, 1.54) is 5.56 Å². The molecule has 0 amide bonds. The van der Waals surface area contributed by atoms with Gasteiger partial charge in [-0.05, 0) is 34.4 Å². The monoisotopic (exact) mass is 538 g/mol. The van der Waals surface area contributed by atoms with E-state index in [-0.39, 0.29) is 0 Å². The molecule has 0 saturated carbocycles. The highest BCUT2D eigenvalue weighted by Gasteiger charge is 2.71. The molecule has 4 nitrogen and oxygen atoms in total. The van der Waals surface area contributed by atoms with Crippen LogP contribution >= 0.6 is 0 Å². The molecule has 0 aromatic heterocycles. The fourth-order valence-corrected chi connectivity index (χ4v) is 4.55. The zero-order chi connectivity index (χ0) is 27.6. The first-order valence-corrected chi connectivity index (χ1v) is 12.0. The molecule has 1 heterocycles. The summed E-state index contributed by atoms with van der Waals surface area (Å²) in [5.74, 6) is 0.830. The van der Waals surface area contributed by atoms with Crippen molar-refractivity contribution in [3.63, 3.8) is 0 Å². The van der Waals surface area contributed by atoms with Gasteiger partial charge < -0.3 is 9.84 Å². The van der Waals surface area contributed by atoms with Crippen LogP contribution in [-0.4, -0.2) is 60.5 Å². The highest BCUT2D eigenvalue weighted by atomic mass is 19.4. The molecular formula is C28H28F6N2O2. The minimum absolute atomic E-state index is 0.444. The molecule has 38 heavy (non-hydrogen) atoms. The lowest BCUT2D eigenvalue weighted by molar-refractivity contribution is -0.376. The summed E-state index contributed by atoms with van der Waals surface area (Å²) >= 11 is 0. The summed E-state index contributed by atoms with van der Waals surface area (Å²) in [5, 5.41) is 9.56. The molecular weight excluding hydrogens is 510 g/mol. The predicted molar refractivity (Wildman–Crippen MR) is 131 cm³/mol. The van der Waals surface area contributed by atoms with E-state index in [0.29, 0.717) is 23.3 Å². The summed E-state index contributed by atoms with van der Waals surface area (Å²) in [4.78, 5) is 4.73. The van der Waals surface area contributed by atoms with E-state index < -0.39 is 23.5 Å². The van der Waals surface area contributed by atoms with Gasteiger partial charge in [-0.1, -0.05) is 60.7 Å². The van der Waals surface area contributed by atoms with Crippen molar-refractivity contribution >= 4 is 0 Å². The van der Waals surface area contributed by atoms with E-state index in [2.05, 4.69) is 21.9 Å². The quantitative estimate of drug-likeness (QED) is 0.375. The number of piperazine rings is 1. The topological polar surface area (TPSA) is 35.9 Å². The second-order valence-corrected chi connectivity index (χ2v) is 9.38. The smallest absolute Gasteiger partial charge is 0.430 e. The summed E-state index contributed by atoms with van der Waals surface area (Å²) < 4.78 is 83.9. The van der Waals surface area contributed by atoms with Crippen LogP contribution < -0.4 is 4.74 Å². The number of hydrogen-bond acceptors (Lipinski definition) is 4. The number of nitrogens with zero attached hydrogens (tertiary/aromatic N) is 2. The van der Waals surface area contributed by atoms with Gasteiger partial charge in [0.05, 0.1) is 7.11 Å². The lowest BCUT2D eigenvalue weighted by atomic mass is 9.90. The van der Waals surface area contributed by atoms with Crippen molar-refractivity contribution in [1.29, 1.82) is 0 Å². The first-order chi connectivity index (χ1) is 17.9. The molecule has 0 bridgehead atoms. The molecule has 0 spiro atoms. The maximum atomic E-state index is 13.1. The zero-order valence-electron chi connectivity index (χ0n) is 20.7. The van der Waals surface area contributed by atoms with Crippen LogP contribution in [0.4, 0.5) is 26.3 Å². The van der Waals surface area contributed by atoms with Crippen molar-refractivity contribution in [2.24, 2.45) is 0 Å². The Hall–Kier alpha value is -3.08. The van der Waals surface area contributed by atoms with Crippen molar-refractivity contribution in [2.45, 2.75) is 31.0 Å². The van der Waals surface area contributed by atoms with Gasteiger partial charge in [-0.15, -0.1) is 0 Å². The van der Waals surface area contributed by atoms with Crippen LogP contribution in [0, 0.1) is 0 Å². The van der Waals surface area contributed by atoms with Crippen molar-refractivity contribution < 1.29 is 36.2 Å². The Kier molecular flexibility index (Phi) is 8.06. The summed E-state index contributed by atoms with van der Waals surface area (Å²) in [6, 6.07) is 19.0. The molecule has 3 aromatic carbocycles. The second-order valence-electron chi connectivity index (χ2n) is 9.38. The number of halogens is 6. The van der Waals surface area contributed by atoms with Crippen molar-refractivity contribution in [2.75, 3.05) is 33.3 Å². The summed E-state index contributed by atoms with van der Waals surface area (Å²) in [7, 11) is 1.64. The van der Waals surface area contributed by atoms with Gasteiger partial charge in [0.2, 0.25) is 0 Å². The maximum absolute atomic E-state index is 13.1. The first kappa shape index (κ1) is 27.9. The van der Waals surface area contributed by atoms with Crippen LogP contribution in [-0.2, 0) is 18.7 Å². The van der Waals surface area contributed by atoms with Crippen molar-refractivity contribution in [1.82, 2.24) is 9.80 Å². The van der Waals surface area contributed by atoms with Gasteiger partial charge in [0.25, 0.3) is 5.60 Å². The molecule has 0 unspecified atom stereocenters. The summed E-state index contributed by atoms with van der Waals surface area (Å²) in [5.41, 5.74) is -2.83. The van der Waals surface area contributed by atoms with Gasteiger partial charge in [0.1, 0.15) is 5.75 Å². The number of ether oxygens (including phenoxy) is 1. The lowest BCUT2D eigenvalue weighted by Gasteiger charge is -2.34. The zero-order valence-corrected chi connectivity index (χ0v) is 20.7. The second kappa shape index (κ2) is 11.0. The van der Waals surface area contributed by atoms with E-state index >= 15 is 0 Å². The van der Waals surface area contributed by atoms with Crippen LogP contribution in [0.1, 0.15) is 16.7 Å². The normalized spacial score (nSPS) is 16.0. The summed E-state index contributed by atoms with van der Waals surface area (Å²) in [6.07, 6.45) is -11.8. The number of aliphatic hydroxyl groups is 1. The Labute approximate surface area is 217 Å². The van der Waals surface area contributed by atoms with E-state index in [0.717, 1.165) is 62.7 Å². The minimum Gasteiger partial charge on any atom is -0.497 e. The average molecular weight is 539 g/mol. The first-order valence-electron chi connectivity index (χ1n) is 12.0. The Morgan fingerprint density at radius 3 is 1.37 bits per heavy atom.